The molecule has 0 fully saturated rings. The number of carbonyl (C=O) groups is 1. The van der Waals surface area contributed by atoms with E-state index >= 15 is 0 Å². The van der Waals surface area contributed by atoms with E-state index in [0.717, 1.165) is 10.9 Å². The number of benzene rings is 3. The average Bonchev–Trinajstić information content (AvgIpc) is 3.34. The molecule has 4 aromatic rings. The predicted octanol–water partition coefficient (Wildman–Crippen LogP) is 6.08. The van der Waals surface area contributed by atoms with E-state index in [1.54, 1.807) is 62.6 Å². The number of ether oxygens (including phenoxy) is 4. The minimum absolute atomic E-state index is 0.0307. The Morgan fingerprint density at radius 3 is 2.51 bits per heavy atom. The van der Waals surface area contributed by atoms with Crippen LogP contribution in [0.5, 0.6) is 17.2 Å². The molecule has 0 radical (unpaired) electrons. The Morgan fingerprint density at radius 2 is 1.80 bits per heavy atom. The van der Waals surface area contributed by atoms with E-state index in [1.807, 2.05) is 19.1 Å². The van der Waals surface area contributed by atoms with Gasteiger partial charge in [-0.1, -0.05) is 64.9 Å². The summed E-state index contributed by atoms with van der Waals surface area (Å²) in [7, 11) is 3.06. The molecule has 1 aromatic heterocycles. The SMILES string of the molecule is CCCC1=C(C(=O)OCC)[C@H](c2cc(Br)ccc2OC)n2c(s/c(=C/c3ccc(OCc4ccccc4F)c(OC)c3)c2=O)=N1. The molecule has 45 heavy (non-hydrogen) atoms. The fraction of sp³-hybridized carbons (Fsp3) is 0.265. The van der Waals surface area contributed by atoms with Crippen molar-refractivity contribution in [3.63, 3.8) is 0 Å². The summed E-state index contributed by atoms with van der Waals surface area (Å²) in [6.07, 6.45) is 3.01. The van der Waals surface area contributed by atoms with Crippen LogP contribution in [0.3, 0.4) is 0 Å². The highest BCUT2D eigenvalue weighted by Crippen LogP contribution is 2.38. The fourth-order valence-corrected chi connectivity index (χ4v) is 6.55. The number of methoxy groups -OCH3 is 2. The van der Waals surface area contributed by atoms with Crippen molar-refractivity contribution in [2.75, 3.05) is 20.8 Å². The van der Waals surface area contributed by atoms with Gasteiger partial charge in [0.1, 0.15) is 24.2 Å². The highest BCUT2D eigenvalue weighted by Gasteiger charge is 2.36. The molecule has 1 aliphatic heterocycles. The molecular weight excluding hydrogens is 663 g/mol. The molecule has 0 saturated carbocycles. The van der Waals surface area contributed by atoms with Gasteiger partial charge < -0.3 is 18.9 Å². The number of halogens is 2. The monoisotopic (exact) mass is 694 g/mol. The molecule has 0 bridgehead atoms. The Hall–Kier alpha value is -4.22. The van der Waals surface area contributed by atoms with Crippen LogP contribution in [0.4, 0.5) is 4.39 Å². The van der Waals surface area contributed by atoms with Crippen molar-refractivity contribution in [2.45, 2.75) is 39.3 Å². The Morgan fingerprint density at radius 1 is 1.04 bits per heavy atom. The summed E-state index contributed by atoms with van der Waals surface area (Å²) in [5.41, 5.74) is 2.31. The zero-order valence-electron chi connectivity index (χ0n) is 25.3. The van der Waals surface area contributed by atoms with Crippen LogP contribution in [-0.4, -0.2) is 31.4 Å². The van der Waals surface area contributed by atoms with Crippen molar-refractivity contribution in [1.29, 1.82) is 0 Å². The lowest BCUT2D eigenvalue weighted by Gasteiger charge is -2.27. The van der Waals surface area contributed by atoms with Gasteiger partial charge in [0, 0.05) is 15.6 Å². The summed E-state index contributed by atoms with van der Waals surface area (Å²) in [6.45, 7) is 3.96. The zero-order valence-corrected chi connectivity index (χ0v) is 27.7. The predicted molar refractivity (Wildman–Crippen MR) is 174 cm³/mol. The van der Waals surface area contributed by atoms with Crippen molar-refractivity contribution < 1.29 is 28.1 Å². The molecule has 1 atom stereocenters. The van der Waals surface area contributed by atoms with E-state index in [1.165, 1.54) is 29.1 Å². The van der Waals surface area contributed by atoms with Crippen LogP contribution in [0.15, 0.2) is 86.2 Å². The lowest BCUT2D eigenvalue weighted by molar-refractivity contribution is -0.139. The third-order valence-electron chi connectivity index (χ3n) is 7.20. The van der Waals surface area contributed by atoms with E-state index in [4.69, 9.17) is 23.9 Å². The lowest BCUT2D eigenvalue weighted by atomic mass is 9.93. The van der Waals surface area contributed by atoms with Gasteiger partial charge in [-0.15, -0.1) is 0 Å². The maximum atomic E-state index is 14.2. The summed E-state index contributed by atoms with van der Waals surface area (Å²) in [4.78, 5) is 32.9. The molecule has 8 nitrogen and oxygen atoms in total. The maximum absolute atomic E-state index is 14.2. The van der Waals surface area contributed by atoms with Crippen molar-refractivity contribution in [1.82, 2.24) is 4.57 Å². The first-order valence-corrected chi connectivity index (χ1v) is 16.0. The number of hydrogen-bond donors (Lipinski definition) is 0. The summed E-state index contributed by atoms with van der Waals surface area (Å²) >= 11 is 4.77. The van der Waals surface area contributed by atoms with Crippen LogP contribution < -0.4 is 29.1 Å². The number of nitrogens with zero attached hydrogens (tertiary/aromatic N) is 2. The molecule has 5 rings (SSSR count). The van der Waals surface area contributed by atoms with Gasteiger partial charge in [-0.25, -0.2) is 14.2 Å². The Kier molecular flexibility index (Phi) is 10.2. The second-order valence-electron chi connectivity index (χ2n) is 10.1. The normalized spacial score (nSPS) is 14.5. The first-order valence-electron chi connectivity index (χ1n) is 14.4. The summed E-state index contributed by atoms with van der Waals surface area (Å²) in [6, 6.07) is 16.3. The van der Waals surface area contributed by atoms with Gasteiger partial charge in [0.25, 0.3) is 5.56 Å². The second-order valence-corrected chi connectivity index (χ2v) is 12.0. The average molecular weight is 696 g/mol. The standard InChI is InChI=1S/C34H32BrFN2O6S/c1-5-9-25-30(33(40)43-6-2)31(23-18-22(35)13-15-26(23)41-3)38-32(39)29(45-34(38)37-25)17-20-12-14-27(28(16-20)42-4)44-19-21-10-7-8-11-24(21)36/h7-8,10-18,31H,5-6,9,19H2,1-4H3/b29-17+/t31-/m0/s1. The molecule has 0 spiro atoms. The topological polar surface area (TPSA) is 88.4 Å². The van der Waals surface area contributed by atoms with Gasteiger partial charge in [0.2, 0.25) is 0 Å². The van der Waals surface area contributed by atoms with E-state index in [9.17, 15) is 14.0 Å². The molecule has 3 aromatic carbocycles. The van der Waals surface area contributed by atoms with Crippen LogP contribution in [0.1, 0.15) is 49.4 Å². The summed E-state index contributed by atoms with van der Waals surface area (Å²) in [5.74, 6) is 0.508. The molecule has 0 unspecified atom stereocenters. The van der Waals surface area contributed by atoms with Crippen molar-refractivity contribution in [3.05, 3.63) is 119 Å². The summed E-state index contributed by atoms with van der Waals surface area (Å²) in [5, 5.41) is 0. The largest absolute Gasteiger partial charge is 0.496 e. The van der Waals surface area contributed by atoms with Gasteiger partial charge in [-0.3, -0.25) is 9.36 Å². The quantitative estimate of drug-likeness (QED) is 0.177. The minimum Gasteiger partial charge on any atom is -0.496 e. The molecular formula is C34H32BrFN2O6S. The van der Waals surface area contributed by atoms with E-state index in [2.05, 4.69) is 15.9 Å². The van der Waals surface area contributed by atoms with Gasteiger partial charge in [0.15, 0.2) is 16.3 Å². The Balaban J connectivity index is 1.62. The van der Waals surface area contributed by atoms with Gasteiger partial charge >= 0.3 is 5.97 Å². The number of aromatic nitrogens is 1. The smallest absolute Gasteiger partial charge is 0.338 e. The Labute approximate surface area is 272 Å². The molecule has 234 valence electrons. The molecule has 11 heteroatoms. The highest BCUT2D eigenvalue weighted by atomic mass is 79.9. The van der Waals surface area contributed by atoms with Crippen LogP contribution in [0.25, 0.3) is 6.08 Å². The third-order valence-corrected chi connectivity index (χ3v) is 8.68. The van der Waals surface area contributed by atoms with Gasteiger partial charge in [-0.05, 0) is 61.4 Å². The van der Waals surface area contributed by atoms with Gasteiger partial charge in [0.05, 0.1) is 36.6 Å². The number of hydrogen-bond acceptors (Lipinski definition) is 8. The van der Waals surface area contributed by atoms with Crippen LogP contribution in [0.2, 0.25) is 0 Å². The molecule has 0 saturated heterocycles. The van der Waals surface area contributed by atoms with Crippen LogP contribution in [-0.2, 0) is 16.1 Å². The number of thiazole rings is 1. The molecule has 0 amide bonds. The molecule has 0 aliphatic carbocycles. The maximum Gasteiger partial charge on any atom is 0.338 e. The summed E-state index contributed by atoms with van der Waals surface area (Å²) < 4.78 is 39.4. The highest BCUT2D eigenvalue weighted by molar-refractivity contribution is 9.10. The van der Waals surface area contributed by atoms with Crippen molar-refractivity contribution in [3.8, 4) is 17.2 Å². The van der Waals surface area contributed by atoms with Crippen LogP contribution in [0, 0.1) is 5.82 Å². The van der Waals surface area contributed by atoms with E-state index in [0.29, 0.717) is 61.0 Å². The van der Waals surface area contributed by atoms with Crippen molar-refractivity contribution in [2.24, 2.45) is 4.99 Å². The molecule has 0 N–H and O–H groups in total. The third kappa shape index (κ3) is 6.74. The Bertz CT molecular complexity index is 1950. The van der Waals surface area contributed by atoms with E-state index < -0.39 is 12.0 Å². The lowest BCUT2D eigenvalue weighted by Crippen LogP contribution is -2.40. The van der Waals surface area contributed by atoms with E-state index in [-0.39, 0.29) is 24.6 Å². The second kappa shape index (κ2) is 14.3. The number of fused-ring (bicyclic) bond motifs is 1. The van der Waals surface area contributed by atoms with Crippen molar-refractivity contribution >= 4 is 39.3 Å². The first kappa shape index (κ1) is 32.2. The number of allylic oxidation sites excluding steroid dienone is 1. The minimum atomic E-state index is -0.819. The fourth-order valence-electron chi connectivity index (χ4n) is 5.15. The number of rotatable bonds is 11. The molecule has 2 heterocycles. The zero-order chi connectivity index (χ0) is 32.1. The van der Waals surface area contributed by atoms with Crippen LogP contribution >= 0.6 is 27.3 Å². The first-order chi connectivity index (χ1) is 21.8. The molecule has 1 aliphatic rings. The number of esters is 1. The van der Waals surface area contributed by atoms with Gasteiger partial charge in [-0.2, -0.15) is 0 Å². The number of carbonyl (C=O) groups excluding carboxylic acids is 1.